The molecule has 0 saturated carbocycles. The molecule has 2 aromatic carbocycles. The van der Waals surface area contributed by atoms with Crippen molar-refractivity contribution in [2.24, 2.45) is 0 Å². The van der Waals surface area contributed by atoms with Gasteiger partial charge in [0.05, 0.1) is 6.04 Å². The Morgan fingerprint density at radius 2 is 1.81 bits per heavy atom. The van der Waals surface area contributed by atoms with E-state index in [4.69, 9.17) is 23.2 Å². The van der Waals surface area contributed by atoms with Gasteiger partial charge in [-0.05, 0) is 16.5 Å². The van der Waals surface area contributed by atoms with Crippen LogP contribution in [-0.4, -0.2) is 33.6 Å². The molecule has 0 aliphatic carbocycles. The molecule has 3 aromatic rings. The number of aliphatic hydroxyl groups excluding tert-OH is 1. The highest BCUT2D eigenvalue weighted by Gasteiger charge is 2.25. The zero-order valence-electron chi connectivity index (χ0n) is 14.1. The van der Waals surface area contributed by atoms with Crippen molar-refractivity contribution in [1.82, 2.24) is 10.3 Å². The van der Waals surface area contributed by atoms with Crippen LogP contribution in [0.15, 0.2) is 60.9 Å². The Morgan fingerprint density at radius 3 is 2.48 bits per heavy atom. The lowest BCUT2D eigenvalue weighted by atomic mass is 9.97. The Morgan fingerprint density at radius 1 is 1.11 bits per heavy atom. The number of carbonyl (C=O) groups excluding carboxylic acids is 1. The van der Waals surface area contributed by atoms with Gasteiger partial charge in [0.15, 0.2) is 4.84 Å². The summed E-state index contributed by atoms with van der Waals surface area (Å²) in [6, 6.07) is 13.8. The molecule has 1 amide bonds. The molecule has 0 aliphatic heterocycles. The van der Waals surface area contributed by atoms with Crippen molar-refractivity contribution in [3.05, 3.63) is 66.5 Å². The predicted octanol–water partition coefficient (Wildman–Crippen LogP) is 4.19. The van der Waals surface area contributed by atoms with Crippen molar-refractivity contribution in [3.63, 3.8) is 0 Å². The summed E-state index contributed by atoms with van der Waals surface area (Å²) in [5, 5.41) is 14.8. The number of fused-ring (bicyclic) bond motifs is 1. The van der Waals surface area contributed by atoms with E-state index in [0.29, 0.717) is 5.56 Å². The fourth-order valence-electron chi connectivity index (χ4n) is 2.89. The van der Waals surface area contributed by atoms with Gasteiger partial charge in [-0.3, -0.25) is 9.78 Å². The summed E-state index contributed by atoms with van der Waals surface area (Å²) in [5.74, 6) is -0.751. The molecule has 3 rings (SSSR count). The molecular formula is C20H17Cl2FN2O2. The number of aromatic nitrogens is 1. The lowest BCUT2D eigenvalue weighted by Crippen LogP contribution is -2.43. The van der Waals surface area contributed by atoms with E-state index in [1.54, 1.807) is 24.5 Å². The van der Waals surface area contributed by atoms with Gasteiger partial charge in [-0.15, -0.1) is 0 Å². The van der Waals surface area contributed by atoms with E-state index in [1.165, 1.54) is 0 Å². The number of pyridine rings is 1. The van der Waals surface area contributed by atoms with Crippen LogP contribution in [0.25, 0.3) is 21.9 Å². The molecular weight excluding hydrogens is 390 g/mol. The standard InChI is InChI=1S/C20H17Cl2FN2O2/c21-19(22)20(27)25-17(9-23)18(26)13-7-5-12(6-8-13)16-11-24-10-14-3-1-2-4-15(14)16/h1-8,10-11,17-19,26H,9H2,(H,25,27). The molecule has 1 heterocycles. The third kappa shape index (κ3) is 4.38. The molecule has 7 heteroatoms. The third-order valence-electron chi connectivity index (χ3n) is 4.30. The Bertz CT molecular complexity index is 929. The first-order chi connectivity index (χ1) is 13.0. The molecule has 0 bridgehead atoms. The highest BCUT2D eigenvalue weighted by atomic mass is 35.5. The molecule has 0 fully saturated rings. The highest BCUT2D eigenvalue weighted by Crippen LogP contribution is 2.29. The number of nitrogens with one attached hydrogen (secondary N) is 1. The summed E-state index contributed by atoms with van der Waals surface area (Å²) in [4.78, 5) is 14.5. The SMILES string of the molecule is O=C(NC(CF)C(O)c1ccc(-c2cncc3ccccc23)cc1)C(Cl)Cl. The predicted molar refractivity (Wildman–Crippen MR) is 106 cm³/mol. The Labute approximate surface area is 165 Å². The summed E-state index contributed by atoms with van der Waals surface area (Å²) in [5.41, 5.74) is 2.34. The van der Waals surface area contributed by atoms with Gasteiger partial charge in [0.25, 0.3) is 5.91 Å². The third-order valence-corrected chi connectivity index (χ3v) is 4.70. The topological polar surface area (TPSA) is 62.2 Å². The first-order valence-electron chi connectivity index (χ1n) is 8.27. The van der Waals surface area contributed by atoms with Crippen LogP contribution in [0.3, 0.4) is 0 Å². The van der Waals surface area contributed by atoms with E-state index < -0.39 is 29.6 Å². The van der Waals surface area contributed by atoms with Crippen molar-refractivity contribution in [3.8, 4) is 11.1 Å². The lowest BCUT2D eigenvalue weighted by molar-refractivity contribution is -0.121. The second kappa shape index (κ2) is 8.65. The molecule has 4 nitrogen and oxygen atoms in total. The van der Waals surface area contributed by atoms with Crippen molar-refractivity contribution in [1.29, 1.82) is 0 Å². The number of benzene rings is 2. The number of hydrogen-bond acceptors (Lipinski definition) is 3. The van der Waals surface area contributed by atoms with Crippen molar-refractivity contribution >= 4 is 39.9 Å². The van der Waals surface area contributed by atoms with Crippen molar-refractivity contribution in [2.45, 2.75) is 17.0 Å². The molecule has 140 valence electrons. The van der Waals surface area contributed by atoms with Crippen LogP contribution in [0.4, 0.5) is 4.39 Å². The maximum atomic E-state index is 13.3. The molecule has 27 heavy (non-hydrogen) atoms. The van der Waals surface area contributed by atoms with Gasteiger partial charge in [-0.1, -0.05) is 71.7 Å². The van der Waals surface area contributed by atoms with E-state index in [1.807, 2.05) is 36.4 Å². The Kier molecular flexibility index (Phi) is 6.26. The molecule has 0 aliphatic rings. The van der Waals surface area contributed by atoms with Gasteiger partial charge in [-0.2, -0.15) is 0 Å². The maximum Gasteiger partial charge on any atom is 0.253 e. The number of hydrogen-bond donors (Lipinski definition) is 2. The number of halogens is 3. The molecule has 2 atom stereocenters. The normalized spacial score (nSPS) is 13.5. The van der Waals surface area contributed by atoms with Crippen LogP contribution in [0.2, 0.25) is 0 Å². The monoisotopic (exact) mass is 406 g/mol. The fraction of sp³-hybridized carbons (Fsp3) is 0.200. The van der Waals surface area contributed by atoms with Crippen LogP contribution < -0.4 is 5.32 Å². The highest BCUT2D eigenvalue weighted by molar-refractivity contribution is 6.53. The van der Waals surface area contributed by atoms with Gasteiger partial charge in [0.1, 0.15) is 12.8 Å². The van der Waals surface area contributed by atoms with E-state index in [2.05, 4.69) is 10.3 Å². The van der Waals surface area contributed by atoms with Crippen LogP contribution in [0.5, 0.6) is 0 Å². The minimum atomic E-state index is -1.33. The number of carbonyl (C=O) groups is 1. The van der Waals surface area contributed by atoms with Gasteiger partial charge >= 0.3 is 0 Å². The van der Waals surface area contributed by atoms with Crippen LogP contribution in [-0.2, 0) is 4.79 Å². The van der Waals surface area contributed by atoms with Crippen LogP contribution in [0, 0.1) is 0 Å². The number of rotatable bonds is 6. The average molecular weight is 407 g/mol. The van der Waals surface area contributed by atoms with Gasteiger partial charge in [0.2, 0.25) is 0 Å². The molecule has 0 spiro atoms. The second-order valence-corrected chi connectivity index (χ2v) is 7.14. The summed E-state index contributed by atoms with van der Waals surface area (Å²) in [6.45, 7) is -0.956. The van der Waals surface area contributed by atoms with Crippen molar-refractivity contribution < 1.29 is 14.3 Å². The summed E-state index contributed by atoms with van der Waals surface area (Å²) < 4.78 is 13.3. The quantitative estimate of drug-likeness (QED) is 0.603. The summed E-state index contributed by atoms with van der Waals surface area (Å²) in [6.07, 6.45) is 2.34. The number of amides is 1. The molecule has 2 N–H and O–H groups in total. The van der Waals surface area contributed by atoms with E-state index in [9.17, 15) is 14.3 Å². The maximum absolute atomic E-state index is 13.3. The zero-order chi connectivity index (χ0) is 19.4. The van der Waals surface area contributed by atoms with E-state index in [-0.39, 0.29) is 0 Å². The van der Waals surface area contributed by atoms with E-state index >= 15 is 0 Å². The Balaban J connectivity index is 1.85. The Hall–Kier alpha value is -2.21. The fourth-order valence-corrected chi connectivity index (χ4v) is 3.01. The van der Waals surface area contributed by atoms with Crippen LogP contribution >= 0.6 is 23.2 Å². The smallest absolute Gasteiger partial charge is 0.253 e. The van der Waals surface area contributed by atoms with Gasteiger partial charge < -0.3 is 10.4 Å². The largest absolute Gasteiger partial charge is 0.386 e. The van der Waals surface area contributed by atoms with Crippen LogP contribution in [0.1, 0.15) is 11.7 Å². The molecule has 2 unspecified atom stereocenters. The van der Waals surface area contributed by atoms with Gasteiger partial charge in [-0.25, -0.2) is 4.39 Å². The molecule has 0 radical (unpaired) electrons. The second-order valence-electron chi connectivity index (χ2n) is 6.05. The summed E-state index contributed by atoms with van der Waals surface area (Å²) in [7, 11) is 0. The number of alkyl halides is 3. The van der Waals surface area contributed by atoms with Crippen molar-refractivity contribution in [2.75, 3.05) is 6.67 Å². The number of aliphatic hydroxyl groups is 1. The van der Waals surface area contributed by atoms with Gasteiger partial charge in [0, 0.05) is 23.3 Å². The lowest BCUT2D eigenvalue weighted by Gasteiger charge is -2.22. The van der Waals surface area contributed by atoms with E-state index in [0.717, 1.165) is 21.9 Å². The molecule has 1 aromatic heterocycles. The zero-order valence-corrected chi connectivity index (χ0v) is 15.7. The first kappa shape index (κ1) is 19.5. The molecule has 0 saturated heterocycles. The number of nitrogens with zero attached hydrogens (tertiary/aromatic N) is 1. The minimum absolute atomic E-state index is 0.468. The minimum Gasteiger partial charge on any atom is -0.386 e. The summed E-state index contributed by atoms with van der Waals surface area (Å²) >= 11 is 10.9. The average Bonchev–Trinajstić information content (AvgIpc) is 2.71. The first-order valence-corrected chi connectivity index (χ1v) is 9.14.